The zero-order chi connectivity index (χ0) is 17.4. The number of amides is 1. The summed E-state index contributed by atoms with van der Waals surface area (Å²) in [4.78, 5) is 23.4. The summed E-state index contributed by atoms with van der Waals surface area (Å²) in [6.45, 7) is 0.188. The van der Waals surface area contributed by atoms with Gasteiger partial charge < -0.3 is 10.1 Å². The lowest BCUT2D eigenvalue weighted by molar-refractivity contribution is -0.141. The van der Waals surface area contributed by atoms with Crippen LogP contribution >= 0.6 is 35.0 Å². The number of hydrogen-bond acceptors (Lipinski definition) is 4. The van der Waals surface area contributed by atoms with Crippen LogP contribution in [0.1, 0.15) is 5.56 Å². The summed E-state index contributed by atoms with van der Waals surface area (Å²) in [7, 11) is 0. The fourth-order valence-corrected chi connectivity index (χ4v) is 2.61. The molecule has 2 aromatic carbocycles. The molecule has 4 nitrogen and oxygen atoms in total. The van der Waals surface area contributed by atoms with E-state index in [0.29, 0.717) is 15.7 Å². The van der Waals surface area contributed by atoms with Crippen LogP contribution < -0.4 is 5.32 Å². The Labute approximate surface area is 154 Å². The standard InChI is InChI=1S/C17H15Cl2NO3S/c18-13-3-1-12(2-4-13)9-23-17(22)11-24-10-16(21)20-15-7-5-14(19)6-8-15/h1-8H,9-11H2,(H,20,21). The molecule has 0 heterocycles. The molecule has 2 aromatic rings. The first-order valence-electron chi connectivity index (χ1n) is 7.06. The van der Waals surface area contributed by atoms with E-state index in [-0.39, 0.29) is 30.0 Å². The van der Waals surface area contributed by atoms with Crippen molar-refractivity contribution in [1.82, 2.24) is 0 Å². The molecule has 0 aromatic heterocycles. The van der Waals surface area contributed by atoms with Crippen molar-refractivity contribution in [2.24, 2.45) is 0 Å². The number of anilines is 1. The molecule has 2 rings (SSSR count). The summed E-state index contributed by atoms with van der Waals surface area (Å²) in [5.41, 5.74) is 1.52. The molecule has 0 aliphatic rings. The van der Waals surface area contributed by atoms with E-state index in [0.717, 1.165) is 5.56 Å². The van der Waals surface area contributed by atoms with Gasteiger partial charge in [0.1, 0.15) is 6.61 Å². The quantitative estimate of drug-likeness (QED) is 0.719. The van der Waals surface area contributed by atoms with E-state index in [1.54, 1.807) is 48.5 Å². The highest BCUT2D eigenvalue weighted by molar-refractivity contribution is 8.00. The van der Waals surface area contributed by atoms with Crippen LogP contribution in [-0.4, -0.2) is 23.4 Å². The van der Waals surface area contributed by atoms with Crippen LogP contribution in [0.3, 0.4) is 0 Å². The Morgan fingerprint density at radius 2 is 1.50 bits per heavy atom. The molecule has 0 spiro atoms. The monoisotopic (exact) mass is 383 g/mol. The molecule has 126 valence electrons. The van der Waals surface area contributed by atoms with Crippen LogP contribution in [0.2, 0.25) is 10.0 Å². The van der Waals surface area contributed by atoms with Gasteiger partial charge in [-0.15, -0.1) is 11.8 Å². The lowest BCUT2D eigenvalue weighted by atomic mass is 10.2. The first-order chi connectivity index (χ1) is 11.5. The van der Waals surface area contributed by atoms with E-state index in [9.17, 15) is 9.59 Å². The molecule has 24 heavy (non-hydrogen) atoms. The molecule has 0 unspecified atom stereocenters. The van der Waals surface area contributed by atoms with Crippen LogP contribution in [0, 0.1) is 0 Å². The highest BCUT2D eigenvalue weighted by Gasteiger charge is 2.07. The molecule has 0 radical (unpaired) electrons. The average Bonchev–Trinajstić information content (AvgIpc) is 2.56. The molecule has 0 aliphatic carbocycles. The van der Waals surface area contributed by atoms with Crippen LogP contribution in [0.25, 0.3) is 0 Å². The lowest BCUT2D eigenvalue weighted by Crippen LogP contribution is -2.16. The van der Waals surface area contributed by atoms with Gasteiger partial charge in [0.15, 0.2) is 0 Å². The zero-order valence-corrected chi connectivity index (χ0v) is 15.0. The fourth-order valence-electron chi connectivity index (χ4n) is 1.74. The molecule has 0 bridgehead atoms. The van der Waals surface area contributed by atoms with Crippen molar-refractivity contribution in [3.05, 3.63) is 64.1 Å². The third-order valence-corrected chi connectivity index (χ3v) is 4.30. The van der Waals surface area contributed by atoms with E-state index < -0.39 is 0 Å². The molecule has 0 saturated heterocycles. The molecule has 1 N–H and O–H groups in total. The van der Waals surface area contributed by atoms with Crippen LogP contribution in [0.4, 0.5) is 5.69 Å². The smallest absolute Gasteiger partial charge is 0.316 e. The van der Waals surface area contributed by atoms with Gasteiger partial charge in [-0.3, -0.25) is 9.59 Å². The SMILES string of the molecule is O=C(CSCC(=O)OCc1ccc(Cl)cc1)Nc1ccc(Cl)cc1. The van der Waals surface area contributed by atoms with Crippen molar-refractivity contribution in [2.75, 3.05) is 16.8 Å². The third-order valence-electron chi connectivity index (χ3n) is 2.89. The van der Waals surface area contributed by atoms with Crippen molar-refractivity contribution < 1.29 is 14.3 Å². The highest BCUT2D eigenvalue weighted by Crippen LogP contribution is 2.14. The Kier molecular flexibility index (Phi) is 7.43. The number of carbonyl (C=O) groups excluding carboxylic acids is 2. The molecule has 0 atom stereocenters. The Morgan fingerprint density at radius 1 is 0.917 bits per heavy atom. The summed E-state index contributed by atoms with van der Waals surface area (Å²) in [6.07, 6.45) is 0. The third kappa shape index (κ3) is 6.83. The Hall–Kier alpha value is -1.69. The lowest BCUT2D eigenvalue weighted by Gasteiger charge is -2.06. The Bertz CT molecular complexity index is 690. The fraction of sp³-hybridized carbons (Fsp3) is 0.176. The molecular weight excluding hydrogens is 369 g/mol. The van der Waals surface area contributed by atoms with Gasteiger partial charge >= 0.3 is 5.97 Å². The average molecular weight is 384 g/mol. The van der Waals surface area contributed by atoms with Crippen molar-refractivity contribution in [3.63, 3.8) is 0 Å². The predicted octanol–water partition coefficient (Wildman–Crippen LogP) is 4.41. The molecule has 1 amide bonds. The van der Waals surface area contributed by atoms with Crippen molar-refractivity contribution in [1.29, 1.82) is 0 Å². The second kappa shape index (κ2) is 9.57. The molecular formula is C17H15Cl2NO3S. The number of benzene rings is 2. The summed E-state index contributed by atoms with van der Waals surface area (Å²) >= 11 is 12.8. The summed E-state index contributed by atoms with van der Waals surface area (Å²) in [5.74, 6) is -0.276. The minimum Gasteiger partial charge on any atom is -0.460 e. The van der Waals surface area contributed by atoms with Gasteiger partial charge in [-0.25, -0.2) is 0 Å². The molecule has 7 heteroatoms. The van der Waals surface area contributed by atoms with Crippen molar-refractivity contribution >= 4 is 52.5 Å². The number of halogens is 2. The Balaban J connectivity index is 1.63. The van der Waals surface area contributed by atoms with Crippen molar-refractivity contribution in [3.8, 4) is 0 Å². The number of esters is 1. The van der Waals surface area contributed by atoms with Gasteiger partial charge in [0.2, 0.25) is 5.91 Å². The number of hydrogen-bond donors (Lipinski definition) is 1. The van der Waals surface area contributed by atoms with E-state index in [1.165, 1.54) is 11.8 Å². The topological polar surface area (TPSA) is 55.4 Å². The number of thioether (sulfide) groups is 1. The minimum atomic E-state index is -0.366. The first kappa shape index (κ1) is 18.6. The maximum Gasteiger partial charge on any atom is 0.316 e. The number of ether oxygens (including phenoxy) is 1. The van der Waals surface area contributed by atoms with E-state index in [4.69, 9.17) is 27.9 Å². The molecule has 0 saturated carbocycles. The van der Waals surface area contributed by atoms with Crippen molar-refractivity contribution in [2.45, 2.75) is 6.61 Å². The second-order valence-corrected chi connectivity index (χ2v) is 6.69. The number of nitrogens with one attached hydrogen (secondary N) is 1. The van der Waals surface area contributed by atoms with Gasteiger partial charge in [0.05, 0.1) is 11.5 Å². The summed E-state index contributed by atoms with van der Waals surface area (Å²) in [6, 6.07) is 13.9. The second-order valence-electron chi connectivity index (χ2n) is 4.84. The minimum absolute atomic E-state index is 0.113. The predicted molar refractivity (Wildman–Crippen MR) is 98.7 cm³/mol. The largest absolute Gasteiger partial charge is 0.460 e. The highest BCUT2D eigenvalue weighted by atomic mass is 35.5. The zero-order valence-electron chi connectivity index (χ0n) is 12.6. The first-order valence-corrected chi connectivity index (χ1v) is 8.97. The maximum absolute atomic E-state index is 11.8. The summed E-state index contributed by atoms with van der Waals surface area (Å²) < 4.78 is 5.13. The molecule has 0 aliphatic heterocycles. The Morgan fingerprint density at radius 3 is 2.12 bits per heavy atom. The molecule has 0 fully saturated rings. The summed E-state index contributed by atoms with van der Waals surface area (Å²) in [5, 5.41) is 3.96. The maximum atomic E-state index is 11.8. The number of rotatable bonds is 7. The van der Waals surface area contributed by atoms with Crippen LogP contribution in [0.15, 0.2) is 48.5 Å². The van der Waals surface area contributed by atoms with Gasteiger partial charge in [-0.2, -0.15) is 0 Å². The van der Waals surface area contributed by atoms with Gasteiger partial charge in [-0.05, 0) is 42.0 Å². The van der Waals surface area contributed by atoms with E-state index >= 15 is 0 Å². The van der Waals surface area contributed by atoms with E-state index in [1.807, 2.05) is 0 Å². The number of carbonyl (C=O) groups is 2. The van der Waals surface area contributed by atoms with Crippen LogP contribution in [0.5, 0.6) is 0 Å². The van der Waals surface area contributed by atoms with Crippen LogP contribution in [-0.2, 0) is 20.9 Å². The van der Waals surface area contributed by atoms with Gasteiger partial charge in [0, 0.05) is 15.7 Å². The normalized spacial score (nSPS) is 10.2. The van der Waals surface area contributed by atoms with Gasteiger partial charge in [-0.1, -0.05) is 35.3 Å². The van der Waals surface area contributed by atoms with E-state index in [2.05, 4.69) is 5.32 Å². The van der Waals surface area contributed by atoms with Gasteiger partial charge in [0.25, 0.3) is 0 Å².